The molecule has 72 valence electrons. The van der Waals surface area contributed by atoms with Gasteiger partial charge in [0, 0.05) is 12.1 Å². The highest BCUT2D eigenvalue weighted by Crippen LogP contribution is 2.20. The van der Waals surface area contributed by atoms with Gasteiger partial charge in [-0.3, -0.25) is 10.1 Å². The molecule has 0 radical (unpaired) electrons. The molecular formula is C9H8N2O3. The zero-order chi connectivity index (χ0) is 10.6. The van der Waals surface area contributed by atoms with Crippen molar-refractivity contribution in [3.05, 3.63) is 39.9 Å². The molecular weight excluding hydrogens is 184 g/mol. The van der Waals surface area contributed by atoms with Crippen LogP contribution in [0.3, 0.4) is 0 Å². The average Bonchev–Trinajstić information content (AvgIpc) is 2.18. The Hall–Kier alpha value is -1.93. The van der Waals surface area contributed by atoms with Crippen molar-refractivity contribution in [2.24, 2.45) is 0 Å². The Kier molecular flexibility index (Phi) is 3.15. The molecule has 0 aliphatic heterocycles. The molecule has 1 atom stereocenters. The smallest absolute Gasteiger partial charge is 0.269 e. The summed E-state index contributed by atoms with van der Waals surface area (Å²) in [5, 5.41) is 28.1. The second kappa shape index (κ2) is 4.35. The molecule has 0 amide bonds. The van der Waals surface area contributed by atoms with E-state index in [1.54, 1.807) is 12.1 Å². The first-order valence-electron chi connectivity index (χ1n) is 3.94. The van der Waals surface area contributed by atoms with Crippen LogP contribution < -0.4 is 0 Å². The van der Waals surface area contributed by atoms with E-state index < -0.39 is 11.0 Å². The maximum atomic E-state index is 10.4. The fourth-order valence-electron chi connectivity index (χ4n) is 1.05. The SMILES string of the molecule is N#CC[C@@H](O)c1cccc([N+](=O)[O-])c1. The van der Waals surface area contributed by atoms with E-state index in [-0.39, 0.29) is 12.1 Å². The van der Waals surface area contributed by atoms with E-state index in [2.05, 4.69) is 0 Å². The van der Waals surface area contributed by atoms with Gasteiger partial charge >= 0.3 is 0 Å². The molecule has 5 heteroatoms. The number of nitro benzene ring substituents is 1. The standard InChI is InChI=1S/C9H8N2O3/c10-5-4-9(12)7-2-1-3-8(6-7)11(13)14/h1-3,6,9,12H,4H2/t9-/m1/s1. The van der Waals surface area contributed by atoms with Crippen molar-refractivity contribution in [1.82, 2.24) is 0 Å². The first-order chi connectivity index (χ1) is 6.65. The minimum absolute atomic E-state index is 0.0683. The number of aliphatic hydroxyl groups excluding tert-OH is 1. The van der Waals surface area contributed by atoms with Gasteiger partial charge in [0.1, 0.15) is 0 Å². The molecule has 0 unspecified atom stereocenters. The Morgan fingerprint density at radius 2 is 2.36 bits per heavy atom. The lowest BCUT2D eigenvalue weighted by Crippen LogP contribution is -1.97. The van der Waals surface area contributed by atoms with Crippen molar-refractivity contribution in [2.45, 2.75) is 12.5 Å². The molecule has 14 heavy (non-hydrogen) atoms. The van der Waals surface area contributed by atoms with Gasteiger partial charge in [-0.15, -0.1) is 0 Å². The molecule has 5 nitrogen and oxygen atoms in total. The number of nitrogens with zero attached hydrogens (tertiary/aromatic N) is 2. The zero-order valence-electron chi connectivity index (χ0n) is 7.25. The van der Waals surface area contributed by atoms with Gasteiger partial charge in [-0.1, -0.05) is 12.1 Å². The highest BCUT2D eigenvalue weighted by atomic mass is 16.6. The van der Waals surface area contributed by atoms with Crippen LogP contribution in [0.1, 0.15) is 18.1 Å². The monoisotopic (exact) mass is 192 g/mol. The molecule has 0 aromatic heterocycles. The normalized spacial score (nSPS) is 11.7. The van der Waals surface area contributed by atoms with Crippen LogP contribution in [-0.4, -0.2) is 10.0 Å². The van der Waals surface area contributed by atoms with Gasteiger partial charge in [0.15, 0.2) is 0 Å². The van der Waals surface area contributed by atoms with Crippen molar-refractivity contribution < 1.29 is 10.0 Å². The molecule has 0 saturated carbocycles. The lowest BCUT2D eigenvalue weighted by atomic mass is 10.1. The van der Waals surface area contributed by atoms with Crippen LogP contribution in [0, 0.1) is 21.4 Å². The minimum atomic E-state index is -0.958. The van der Waals surface area contributed by atoms with E-state index in [0.29, 0.717) is 5.56 Å². The topological polar surface area (TPSA) is 87.2 Å². The number of hydrogen-bond acceptors (Lipinski definition) is 4. The van der Waals surface area contributed by atoms with Crippen molar-refractivity contribution >= 4 is 5.69 Å². The number of nitro groups is 1. The summed E-state index contributed by atoms with van der Waals surface area (Å²) in [5.41, 5.74) is 0.306. The number of aliphatic hydroxyl groups is 1. The number of hydrogen-bond donors (Lipinski definition) is 1. The quantitative estimate of drug-likeness (QED) is 0.581. The summed E-state index contributed by atoms with van der Waals surface area (Å²) >= 11 is 0. The highest BCUT2D eigenvalue weighted by Gasteiger charge is 2.11. The van der Waals surface area contributed by atoms with E-state index >= 15 is 0 Å². The maximum absolute atomic E-state index is 10.4. The van der Waals surface area contributed by atoms with E-state index in [4.69, 9.17) is 5.26 Å². The van der Waals surface area contributed by atoms with Crippen molar-refractivity contribution in [3.8, 4) is 6.07 Å². The largest absolute Gasteiger partial charge is 0.387 e. The minimum Gasteiger partial charge on any atom is -0.387 e. The third-order valence-electron chi connectivity index (χ3n) is 1.75. The van der Waals surface area contributed by atoms with Gasteiger partial charge in [0.2, 0.25) is 0 Å². The fraction of sp³-hybridized carbons (Fsp3) is 0.222. The molecule has 1 rings (SSSR count). The van der Waals surface area contributed by atoms with Gasteiger partial charge in [-0.25, -0.2) is 0 Å². The molecule has 0 saturated heterocycles. The van der Waals surface area contributed by atoms with E-state index in [1.165, 1.54) is 18.2 Å². The van der Waals surface area contributed by atoms with Crippen LogP contribution in [0.4, 0.5) is 5.69 Å². The van der Waals surface area contributed by atoms with Crippen LogP contribution >= 0.6 is 0 Å². The number of non-ortho nitro benzene ring substituents is 1. The Balaban J connectivity index is 2.94. The van der Waals surface area contributed by atoms with Crippen LogP contribution in [0.15, 0.2) is 24.3 Å². The maximum Gasteiger partial charge on any atom is 0.269 e. The van der Waals surface area contributed by atoms with Crippen molar-refractivity contribution in [2.75, 3.05) is 0 Å². The summed E-state index contributed by atoms with van der Waals surface area (Å²) in [6, 6.07) is 7.43. The molecule has 0 spiro atoms. The molecule has 0 aliphatic carbocycles. The third-order valence-corrected chi connectivity index (χ3v) is 1.75. The van der Waals surface area contributed by atoms with E-state index in [1.807, 2.05) is 0 Å². The van der Waals surface area contributed by atoms with Crippen LogP contribution in [0.5, 0.6) is 0 Å². The summed E-state index contributed by atoms with van der Waals surface area (Å²) in [6.07, 6.45) is -1.03. The Bertz CT molecular complexity index is 384. The second-order valence-electron chi connectivity index (χ2n) is 2.73. The molecule has 1 aromatic rings. The average molecular weight is 192 g/mol. The molecule has 1 N–H and O–H groups in total. The Labute approximate surface area is 80.4 Å². The summed E-state index contributed by atoms with van der Waals surface area (Å²) in [4.78, 5) is 9.85. The third kappa shape index (κ3) is 2.28. The summed E-state index contributed by atoms with van der Waals surface area (Å²) in [6.45, 7) is 0. The molecule has 0 heterocycles. The predicted molar refractivity (Wildman–Crippen MR) is 48.3 cm³/mol. The Morgan fingerprint density at radius 1 is 1.64 bits per heavy atom. The number of benzene rings is 1. The zero-order valence-corrected chi connectivity index (χ0v) is 7.25. The van der Waals surface area contributed by atoms with Gasteiger partial charge < -0.3 is 5.11 Å². The first-order valence-corrected chi connectivity index (χ1v) is 3.94. The lowest BCUT2D eigenvalue weighted by molar-refractivity contribution is -0.385. The molecule has 0 bridgehead atoms. The number of nitriles is 1. The van der Waals surface area contributed by atoms with Gasteiger partial charge in [-0.05, 0) is 5.56 Å². The van der Waals surface area contributed by atoms with Crippen molar-refractivity contribution in [3.63, 3.8) is 0 Å². The summed E-state index contributed by atoms with van der Waals surface area (Å²) in [7, 11) is 0. The molecule has 0 aliphatic rings. The summed E-state index contributed by atoms with van der Waals surface area (Å²) < 4.78 is 0. The van der Waals surface area contributed by atoms with Crippen LogP contribution in [-0.2, 0) is 0 Å². The van der Waals surface area contributed by atoms with Crippen LogP contribution in [0.25, 0.3) is 0 Å². The van der Waals surface area contributed by atoms with E-state index in [0.717, 1.165) is 0 Å². The Morgan fingerprint density at radius 3 is 2.93 bits per heavy atom. The molecule has 0 fully saturated rings. The fourth-order valence-corrected chi connectivity index (χ4v) is 1.05. The summed E-state index contributed by atoms with van der Waals surface area (Å²) in [5.74, 6) is 0. The highest BCUT2D eigenvalue weighted by molar-refractivity contribution is 5.35. The lowest BCUT2D eigenvalue weighted by Gasteiger charge is -2.05. The first kappa shape index (κ1) is 10.2. The van der Waals surface area contributed by atoms with Crippen molar-refractivity contribution in [1.29, 1.82) is 5.26 Å². The molecule has 1 aromatic carbocycles. The van der Waals surface area contributed by atoms with Gasteiger partial charge in [-0.2, -0.15) is 5.26 Å². The second-order valence-corrected chi connectivity index (χ2v) is 2.73. The van der Waals surface area contributed by atoms with Gasteiger partial charge in [0.05, 0.1) is 23.5 Å². The predicted octanol–water partition coefficient (Wildman–Crippen LogP) is 1.54. The van der Waals surface area contributed by atoms with Crippen LogP contribution in [0.2, 0.25) is 0 Å². The van der Waals surface area contributed by atoms with E-state index in [9.17, 15) is 15.2 Å². The number of rotatable bonds is 3. The van der Waals surface area contributed by atoms with Gasteiger partial charge in [0.25, 0.3) is 5.69 Å².